The Morgan fingerprint density at radius 3 is 2.50 bits per heavy atom. The fourth-order valence-corrected chi connectivity index (χ4v) is 3.61. The summed E-state index contributed by atoms with van der Waals surface area (Å²) in [6.07, 6.45) is 0.743. The molecule has 1 aromatic carbocycles. The molecule has 7 heteroatoms. The van der Waals surface area contributed by atoms with E-state index in [1.54, 1.807) is 0 Å². The first-order valence-electron chi connectivity index (χ1n) is 6.29. The number of esters is 1. The molecule has 1 fully saturated rings. The van der Waals surface area contributed by atoms with Crippen LogP contribution in [0.15, 0.2) is 29.2 Å². The van der Waals surface area contributed by atoms with Gasteiger partial charge in [-0.1, -0.05) is 0 Å². The molecule has 1 saturated heterocycles. The Kier molecular flexibility index (Phi) is 4.12. The van der Waals surface area contributed by atoms with Crippen molar-refractivity contribution in [3.63, 3.8) is 0 Å². The van der Waals surface area contributed by atoms with Crippen LogP contribution in [0.3, 0.4) is 0 Å². The third-order valence-corrected chi connectivity index (χ3v) is 4.99. The molecule has 0 bridgehead atoms. The Hall–Kier alpha value is -1.44. The lowest BCUT2D eigenvalue weighted by atomic mass is 10.0. The van der Waals surface area contributed by atoms with Crippen molar-refractivity contribution in [3.05, 3.63) is 29.8 Å². The first-order valence-corrected chi connectivity index (χ1v) is 7.78. The highest BCUT2D eigenvalue weighted by Crippen LogP contribution is 2.19. The van der Waals surface area contributed by atoms with Gasteiger partial charge in [-0.05, 0) is 44.2 Å². The highest BCUT2D eigenvalue weighted by molar-refractivity contribution is 7.89. The largest absolute Gasteiger partial charge is 0.465 e. The van der Waals surface area contributed by atoms with Crippen LogP contribution in [0, 0.1) is 0 Å². The average molecular weight is 298 g/mol. The molecule has 0 aromatic heterocycles. The van der Waals surface area contributed by atoms with Crippen molar-refractivity contribution in [3.8, 4) is 0 Å². The molecule has 110 valence electrons. The lowest BCUT2D eigenvalue weighted by Gasteiger charge is -2.24. The van der Waals surface area contributed by atoms with Crippen molar-refractivity contribution in [2.24, 2.45) is 0 Å². The van der Waals surface area contributed by atoms with E-state index in [2.05, 4.69) is 14.8 Å². The monoisotopic (exact) mass is 298 g/mol. The molecule has 2 rings (SSSR count). The van der Waals surface area contributed by atoms with Gasteiger partial charge in [0.25, 0.3) is 0 Å². The molecule has 1 heterocycles. The van der Waals surface area contributed by atoms with E-state index in [-0.39, 0.29) is 4.90 Å². The van der Waals surface area contributed by atoms with Crippen LogP contribution in [0.2, 0.25) is 0 Å². The Morgan fingerprint density at radius 1 is 1.35 bits per heavy atom. The summed E-state index contributed by atoms with van der Waals surface area (Å²) in [5, 5.41) is 3.13. The molecule has 0 aliphatic carbocycles. The van der Waals surface area contributed by atoms with Crippen LogP contribution in [0.1, 0.15) is 23.7 Å². The van der Waals surface area contributed by atoms with E-state index in [1.165, 1.54) is 31.4 Å². The van der Waals surface area contributed by atoms with E-state index < -0.39 is 21.5 Å². The second-order valence-corrected chi connectivity index (χ2v) is 6.79. The fraction of sp³-hybridized carbons (Fsp3) is 0.462. The maximum Gasteiger partial charge on any atom is 0.337 e. The summed E-state index contributed by atoms with van der Waals surface area (Å²) in [4.78, 5) is 11.4. The summed E-state index contributed by atoms with van der Waals surface area (Å²) >= 11 is 0. The van der Waals surface area contributed by atoms with Crippen molar-refractivity contribution >= 4 is 16.0 Å². The molecular weight excluding hydrogens is 280 g/mol. The van der Waals surface area contributed by atoms with Gasteiger partial charge in [-0.3, -0.25) is 0 Å². The van der Waals surface area contributed by atoms with Gasteiger partial charge in [-0.2, -0.15) is 0 Å². The van der Waals surface area contributed by atoms with E-state index in [0.29, 0.717) is 12.1 Å². The number of hydrogen-bond donors (Lipinski definition) is 2. The molecule has 1 atom stereocenters. The third kappa shape index (κ3) is 3.17. The molecule has 20 heavy (non-hydrogen) atoms. The Labute approximate surface area is 118 Å². The molecule has 0 spiro atoms. The van der Waals surface area contributed by atoms with Gasteiger partial charge in [-0.25, -0.2) is 17.9 Å². The zero-order valence-electron chi connectivity index (χ0n) is 11.5. The predicted octanol–water partition coefficient (Wildman–Crippen LogP) is 0.503. The first-order chi connectivity index (χ1) is 9.36. The van der Waals surface area contributed by atoms with Gasteiger partial charge in [-0.15, -0.1) is 0 Å². The zero-order valence-corrected chi connectivity index (χ0v) is 12.3. The quantitative estimate of drug-likeness (QED) is 0.791. The fourth-order valence-electron chi connectivity index (χ4n) is 2.18. The zero-order chi connectivity index (χ0) is 14.8. The van der Waals surface area contributed by atoms with Crippen LogP contribution in [-0.4, -0.2) is 40.1 Å². The highest BCUT2D eigenvalue weighted by atomic mass is 32.2. The van der Waals surface area contributed by atoms with Crippen LogP contribution < -0.4 is 10.0 Å². The van der Waals surface area contributed by atoms with Gasteiger partial charge < -0.3 is 10.1 Å². The number of sulfonamides is 1. The van der Waals surface area contributed by atoms with Crippen molar-refractivity contribution in [1.29, 1.82) is 0 Å². The molecule has 0 saturated carbocycles. The van der Waals surface area contributed by atoms with Crippen molar-refractivity contribution in [2.45, 2.75) is 23.8 Å². The maximum absolute atomic E-state index is 12.3. The summed E-state index contributed by atoms with van der Waals surface area (Å²) in [6.45, 7) is 3.26. The minimum atomic E-state index is -3.59. The van der Waals surface area contributed by atoms with Gasteiger partial charge >= 0.3 is 5.97 Å². The molecule has 1 unspecified atom stereocenters. The number of carbonyl (C=O) groups is 1. The highest BCUT2D eigenvalue weighted by Gasteiger charge is 2.33. The van der Waals surface area contributed by atoms with Crippen LogP contribution in [0.5, 0.6) is 0 Å². The second-order valence-electron chi connectivity index (χ2n) is 5.11. The Bertz CT molecular complexity index is 589. The lowest BCUT2D eigenvalue weighted by molar-refractivity contribution is 0.0600. The number of hydrogen-bond acceptors (Lipinski definition) is 5. The van der Waals surface area contributed by atoms with Crippen LogP contribution in [-0.2, 0) is 14.8 Å². The molecule has 1 aliphatic rings. The van der Waals surface area contributed by atoms with Crippen LogP contribution >= 0.6 is 0 Å². The SMILES string of the molecule is COC(=O)c1ccc(S(=O)(=O)NC2(C)CCNC2)cc1. The van der Waals surface area contributed by atoms with Gasteiger partial charge in [0.2, 0.25) is 10.0 Å². The summed E-state index contributed by atoms with van der Waals surface area (Å²) in [5.41, 5.74) is -0.153. The average Bonchev–Trinajstić information content (AvgIpc) is 2.83. The number of nitrogens with one attached hydrogen (secondary N) is 2. The van der Waals surface area contributed by atoms with Gasteiger partial charge in [0, 0.05) is 12.1 Å². The summed E-state index contributed by atoms with van der Waals surface area (Å²) in [6, 6.07) is 5.69. The number of carbonyl (C=O) groups excluding carboxylic acids is 1. The Balaban J connectivity index is 2.19. The van der Waals surface area contributed by atoms with E-state index in [9.17, 15) is 13.2 Å². The number of ether oxygens (including phenoxy) is 1. The smallest absolute Gasteiger partial charge is 0.337 e. The Morgan fingerprint density at radius 2 is 2.00 bits per heavy atom. The molecule has 1 aromatic rings. The van der Waals surface area contributed by atoms with Crippen LogP contribution in [0.25, 0.3) is 0 Å². The molecule has 0 amide bonds. The van der Waals surface area contributed by atoms with Crippen molar-refractivity contribution in [1.82, 2.24) is 10.0 Å². The van der Waals surface area contributed by atoms with Crippen LogP contribution in [0.4, 0.5) is 0 Å². The maximum atomic E-state index is 12.3. The van der Waals surface area contributed by atoms with E-state index >= 15 is 0 Å². The number of methoxy groups -OCH3 is 1. The predicted molar refractivity (Wildman–Crippen MR) is 74.0 cm³/mol. The lowest BCUT2D eigenvalue weighted by Crippen LogP contribution is -2.47. The summed E-state index contributed by atoms with van der Waals surface area (Å²) < 4.78 is 31.9. The van der Waals surface area contributed by atoms with E-state index in [1.807, 2.05) is 6.92 Å². The minimum absolute atomic E-state index is 0.137. The molecular formula is C13H18N2O4S. The number of benzene rings is 1. The molecule has 6 nitrogen and oxygen atoms in total. The number of rotatable bonds is 4. The van der Waals surface area contributed by atoms with Crippen molar-refractivity contribution < 1.29 is 17.9 Å². The normalized spacial score (nSPS) is 22.7. The van der Waals surface area contributed by atoms with Gasteiger partial charge in [0.15, 0.2) is 0 Å². The topological polar surface area (TPSA) is 84.5 Å². The molecule has 2 N–H and O–H groups in total. The standard InChI is InChI=1S/C13H18N2O4S/c1-13(7-8-14-9-13)15-20(17,18)11-5-3-10(4-6-11)12(16)19-2/h3-6,14-15H,7-9H2,1-2H3. The summed E-state index contributed by atoms with van der Waals surface area (Å²) in [5.74, 6) is -0.492. The molecule has 0 radical (unpaired) electrons. The first kappa shape index (κ1) is 15.0. The van der Waals surface area contributed by atoms with E-state index in [4.69, 9.17) is 0 Å². The van der Waals surface area contributed by atoms with E-state index in [0.717, 1.165) is 13.0 Å². The second kappa shape index (κ2) is 5.51. The minimum Gasteiger partial charge on any atom is -0.465 e. The third-order valence-electron chi connectivity index (χ3n) is 3.34. The summed E-state index contributed by atoms with van der Waals surface area (Å²) in [7, 11) is -2.31. The van der Waals surface area contributed by atoms with Gasteiger partial charge in [0.05, 0.1) is 17.6 Å². The van der Waals surface area contributed by atoms with Crippen molar-refractivity contribution in [2.75, 3.05) is 20.2 Å². The van der Waals surface area contributed by atoms with Gasteiger partial charge in [0.1, 0.15) is 0 Å². The molecule has 1 aliphatic heterocycles.